The van der Waals surface area contributed by atoms with Crippen LogP contribution < -0.4 is 21.3 Å². The Morgan fingerprint density at radius 1 is 0.460 bits per heavy atom. The Balaban J connectivity index is 1.51. The molecular weight excluding hydrogens is 777 g/mol. The Morgan fingerprint density at radius 3 is 1.06 bits per heavy atom. The Morgan fingerprint density at radius 2 is 0.780 bits per heavy atom. The lowest BCUT2D eigenvalue weighted by molar-refractivity contribution is 0.481. The fraction of sp³-hybridized carbons (Fsp3) is 0. The van der Waals surface area contributed by atoms with E-state index in [0.717, 1.165) is 36.4 Å². The van der Waals surface area contributed by atoms with Crippen LogP contribution in [0.25, 0.3) is 12.2 Å². The molecule has 0 heterocycles. The van der Waals surface area contributed by atoms with Crippen molar-refractivity contribution in [1.82, 2.24) is 0 Å². The first kappa shape index (κ1) is 38.4. The van der Waals surface area contributed by atoms with Crippen molar-refractivity contribution in [3.8, 4) is 0 Å². The number of hydrogen-bond donors (Lipinski definition) is 8. The predicted molar refractivity (Wildman–Crippen MR) is 194 cm³/mol. The van der Waals surface area contributed by atoms with Gasteiger partial charge in [0, 0.05) is 11.4 Å². The number of thiocarbonyl (C=S) groups is 2. The third-order valence-corrected chi connectivity index (χ3v) is 10.3. The maximum atomic E-state index is 12.2. The Hall–Kier alpha value is -4.36. The fourth-order valence-electron chi connectivity index (χ4n) is 4.10. The summed E-state index contributed by atoms with van der Waals surface area (Å²) in [5.41, 5.74) is 0.811. The highest BCUT2D eigenvalue weighted by molar-refractivity contribution is 7.86. The molecule has 22 heteroatoms. The monoisotopic (exact) mass is 800 g/mol. The Kier molecular flexibility index (Phi) is 11.4. The molecule has 264 valence electrons. The van der Waals surface area contributed by atoms with Gasteiger partial charge < -0.3 is 21.3 Å². The summed E-state index contributed by atoms with van der Waals surface area (Å²) in [6.07, 6.45) is 2.79. The minimum absolute atomic E-state index is 0.125. The first-order valence-electron chi connectivity index (χ1n) is 13.3. The van der Waals surface area contributed by atoms with Gasteiger partial charge in [-0.2, -0.15) is 33.7 Å². The molecule has 8 N–H and O–H groups in total. The van der Waals surface area contributed by atoms with Crippen molar-refractivity contribution in [1.29, 1.82) is 0 Å². The van der Waals surface area contributed by atoms with E-state index in [1.807, 2.05) is 0 Å². The minimum Gasteiger partial charge on any atom is -0.332 e. The van der Waals surface area contributed by atoms with Crippen molar-refractivity contribution in [3.05, 3.63) is 96.1 Å². The number of nitrogens with one attached hydrogen (secondary N) is 4. The third kappa shape index (κ3) is 10.6. The first-order valence-corrected chi connectivity index (χ1v) is 19.9. The number of hydrogen-bond acceptors (Lipinski definition) is 10. The molecule has 0 aliphatic rings. The Bertz CT molecular complexity index is 2280. The summed E-state index contributed by atoms with van der Waals surface area (Å²) in [6, 6.07) is 17.3. The van der Waals surface area contributed by atoms with E-state index in [2.05, 4.69) is 21.3 Å². The molecule has 0 spiro atoms. The van der Waals surface area contributed by atoms with Crippen molar-refractivity contribution in [3.63, 3.8) is 0 Å². The zero-order valence-corrected chi connectivity index (χ0v) is 29.6. The van der Waals surface area contributed by atoms with Gasteiger partial charge in [0.25, 0.3) is 40.5 Å². The molecule has 0 radical (unpaired) electrons. The van der Waals surface area contributed by atoms with Crippen LogP contribution in [0.4, 0.5) is 22.7 Å². The van der Waals surface area contributed by atoms with Crippen LogP contribution in [0.2, 0.25) is 0 Å². The molecule has 0 aromatic heterocycles. The van der Waals surface area contributed by atoms with Crippen molar-refractivity contribution < 1.29 is 51.9 Å². The summed E-state index contributed by atoms with van der Waals surface area (Å²) in [5, 5.41) is 10.4. The van der Waals surface area contributed by atoms with E-state index in [-0.39, 0.29) is 42.5 Å². The average molecular weight is 801 g/mol. The molecule has 0 aliphatic heterocycles. The lowest BCUT2D eigenvalue weighted by Gasteiger charge is -2.14. The molecule has 0 saturated carbocycles. The van der Waals surface area contributed by atoms with Gasteiger partial charge in [-0.3, -0.25) is 18.2 Å². The van der Waals surface area contributed by atoms with E-state index in [4.69, 9.17) is 33.5 Å². The maximum absolute atomic E-state index is 12.2. The van der Waals surface area contributed by atoms with E-state index in [9.17, 15) is 42.8 Å². The number of benzene rings is 4. The van der Waals surface area contributed by atoms with Crippen LogP contribution in [0.3, 0.4) is 0 Å². The summed E-state index contributed by atoms with van der Waals surface area (Å²) in [7, 11) is -18.5. The normalized spacial score (nSPS) is 12.3. The molecule has 0 bridgehead atoms. The number of rotatable bonds is 10. The van der Waals surface area contributed by atoms with Gasteiger partial charge in [0.15, 0.2) is 10.2 Å². The molecule has 0 aliphatic carbocycles. The largest absolute Gasteiger partial charge is 0.332 e. The smallest absolute Gasteiger partial charge is 0.296 e. The van der Waals surface area contributed by atoms with Gasteiger partial charge in [0.1, 0.15) is 9.79 Å². The van der Waals surface area contributed by atoms with Crippen LogP contribution in [0.1, 0.15) is 11.1 Å². The highest BCUT2D eigenvalue weighted by atomic mass is 32.2. The molecule has 0 amide bonds. The van der Waals surface area contributed by atoms with E-state index >= 15 is 0 Å². The molecule has 4 aromatic carbocycles. The zero-order chi connectivity index (χ0) is 37.1. The second-order valence-electron chi connectivity index (χ2n) is 9.95. The lowest BCUT2D eigenvalue weighted by atomic mass is 10.1. The predicted octanol–water partition coefficient (Wildman–Crippen LogP) is 4.46. The van der Waals surface area contributed by atoms with Gasteiger partial charge in [0.2, 0.25) is 0 Å². The standard InChI is InChI=1S/C28H24N4O12S6/c33-47(34,35)21-9-5-19(6-10-21)29-27(45)31-23-13-3-17(15-25(23)49(39,40)41)1-2-18-4-14-24(26(16-18)50(42,43)44)32-28(46)30-20-7-11-22(12-8-20)48(36,37)38/h1-16H,(H2,29,31,45)(H2,30,32,46)(H,33,34,35)(H,36,37,38)(H,39,40,41)(H,42,43,44). The molecular formula is C28H24N4O12S6. The Labute approximate surface area is 297 Å². The second-order valence-corrected chi connectivity index (χ2v) is 16.4. The summed E-state index contributed by atoms with van der Waals surface area (Å²) >= 11 is 10.4. The molecule has 50 heavy (non-hydrogen) atoms. The van der Waals surface area contributed by atoms with Crippen LogP contribution in [-0.2, 0) is 40.5 Å². The molecule has 0 unspecified atom stereocenters. The summed E-state index contributed by atoms with van der Waals surface area (Å²) < 4.78 is 132. The molecule has 0 atom stereocenters. The van der Waals surface area contributed by atoms with Crippen molar-refractivity contribution in [2.24, 2.45) is 0 Å². The number of anilines is 4. The molecule has 0 fully saturated rings. The SMILES string of the molecule is O=S(=O)(O)c1ccc(NC(=S)Nc2ccc(C=Cc3ccc(NC(=S)Nc4ccc(S(=O)(=O)O)cc4)c(S(=O)(=O)O)c3)cc2S(=O)(=O)O)cc1. The van der Waals surface area contributed by atoms with Gasteiger partial charge >= 0.3 is 0 Å². The third-order valence-electron chi connectivity index (χ3n) is 6.35. The molecule has 4 aromatic rings. The van der Waals surface area contributed by atoms with Gasteiger partial charge in [-0.25, -0.2) is 0 Å². The maximum Gasteiger partial charge on any atom is 0.296 e. The van der Waals surface area contributed by atoms with E-state index in [0.29, 0.717) is 11.4 Å². The lowest BCUT2D eigenvalue weighted by Crippen LogP contribution is -2.20. The van der Waals surface area contributed by atoms with Crippen molar-refractivity contribution in [2.45, 2.75) is 19.6 Å². The van der Waals surface area contributed by atoms with Crippen LogP contribution in [0.15, 0.2) is 105 Å². The van der Waals surface area contributed by atoms with Crippen LogP contribution in [0, 0.1) is 0 Å². The highest BCUT2D eigenvalue weighted by Crippen LogP contribution is 2.27. The van der Waals surface area contributed by atoms with Gasteiger partial charge in [-0.15, -0.1) is 0 Å². The van der Waals surface area contributed by atoms with E-state index in [1.54, 1.807) is 0 Å². The molecule has 0 saturated heterocycles. The molecule has 16 nitrogen and oxygen atoms in total. The van der Waals surface area contributed by atoms with Crippen molar-refractivity contribution in [2.75, 3.05) is 21.3 Å². The highest BCUT2D eigenvalue weighted by Gasteiger charge is 2.19. The quantitative estimate of drug-likeness (QED) is 0.0625. The fourth-order valence-corrected chi connectivity index (χ4v) is 6.88. The van der Waals surface area contributed by atoms with Crippen LogP contribution in [-0.4, -0.2) is 62.1 Å². The van der Waals surface area contributed by atoms with E-state index in [1.165, 1.54) is 60.7 Å². The topological polar surface area (TPSA) is 266 Å². The van der Waals surface area contributed by atoms with E-state index < -0.39 is 50.3 Å². The van der Waals surface area contributed by atoms with Gasteiger partial charge in [-0.05, 0) is 108 Å². The van der Waals surface area contributed by atoms with Gasteiger partial charge in [0.05, 0.1) is 21.2 Å². The summed E-state index contributed by atoms with van der Waals surface area (Å²) in [6.45, 7) is 0. The van der Waals surface area contributed by atoms with Crippen molar-refractivity contribution >= 4 is 110 Å². The second kappa shape index (κ2) is 14.9. The van der Waals surface area contributed by atoms with Crippen LogP contribution in [0.5, 0.6) is 0 Å². The zero-order valence-electron chi connectivity index (χ0n) is 24.7. The summed E-state index contributed by atoms with van der Waals surface area (Å²) in [5.74, 6) is 0. The molecule has 4 rings (SSSR count). The van der Waals surface area contributed by atoms with Crippen LogP contribution >= 0.6 is 24.4 Å². The summed E-state index contributed by atoms with van der Waals surface area (Å²) in [4.78, 5) is -1.86. The average Bonchev–Trinajstić information content (AvgIpc) is 2.99. The first-order chi connectivity index (χ1) is 23.1. The van der Waals surface area contributed by atoms with Gasteiger partial charge in [-0.1, -0.05) is 24.3 Å². The minimum atomic E-state index is -4.81.